The molecule has 0 aromatic heterocycles. The quantitative estimate of drug-likeness (QED) is 0.743. The second-order valence-electron chi connectivity index (χ2n) is 4.87. The molecule has 0 heterocycles. The van der Waals surface area contributed by atoms with Gasteiger partial charge in [0, 0.05) is 13.1 Å². The molecular weight excluding hydrogens is 249 g/mol. The number of hydrogen-bond donors (Lipinski definition) is 1. The van der Waals surface area contributed by atoms with Crippen molar-refractivity contribution in [3.63, 3.8) is 0 Å². The molecule has 0 fully saturated rings. The molecule has 0 atom stereocenters. The smallest absolute Gasteiger partial charge is 0.123 e. The third-order valence-corrected chi connectivity index (χ3v) is 3.41. The van der Waals surface area contributed by atoms with Crippen molar-refractivity contribution in [2.24, 2.45) is 0 Å². The lowest BCUT2D eigenvalue weighted by molar-refractivity contribution is 0.620. The van der Waals surface area contributed by atoms with Crippen molar-refractivity contribution < 1.29 is 4.39 Å². The number of hydrogen-bond acceptors (Lipinski definition) is 1. The molecule has 1 N–H and O–H groups in total. The Bertz CT molecular complexity index is 716. The van der Waals surface area contributed by atoms with Crippen LogP contribution in [0.1, 0.15) is 11.1 Å². The van der Waals surface area contributed by atoms with Gasteiger partial charge >= 0.3 is 0 Å². The number of benzene rings is 3. The van der Waals surface area contributed by atoms with Crippen molar-refractivity contribution in [1.82, 2.24) is 5.32 Å². The summed E-state index contributed by atoms with van der Waals surface area (Å²) < 4.78 is 13.1. The van der Waals surface area contributed by atoms with Gasteiger partial charge in [-0.2, -0.15) is 0 Å². The molecule has 1 nitrogen and oxygen atoms in total. The van der Waals surface area contributed by atoms with Crippen molar-refractivity contribution in [3.05, 3.63) is 83.7 Å². The molecular formula is C18H16FN. The molecule has 0 aliphatic rings. The molecule has 3 rings (SSSR count). The molecule has 0 unspecified atom stereocenters. The van der Waals surface area contributed by atoms with Crippen LogP contribution in [0.3, 0.4) is 0 Å². The fourth-order valence-electron chi connectivity index (χ4n) is 2.44. The highest BCUT2D eigenvalue weighted by atomic mass is 19.1. The Morgan fingerprint density at radius 2 is 1.60 bits per heavy atom. The van der Waals surface area contributed by atoms with Crippen molar-refractivity contribution >= 4 is 10.8 Å². The minimum absolute atomic E-state index is 0.186. The molecule has 3 aromatic rings. The molecule has 100 valence electrons. The summed E-state index contributed by atoms with van der Waals surface area (Å²) in [6, 6.07) is 21.4. The molecule has 0 bridgehead atoms. The van der Waals surface area contributed by atoms with E-state index in [2.05, 4.69) is 41.7 Å². The number of rotatable bonds is 4. The summed E-state index contributed by atoms with van der Waals surface area (Å²) in [6.45, 7) is 1.44. The van der Waals surface area contributed by atoms with E-state index in [1.54, 1.807) is 12.1 Å². The molecule has 0 saturated carbocycles. The summed E-state index contributed by atoms with van der Waals surface area (Å²) in [5, 5.41) is 5.88. The zero-order chi connectivity index (χ0) is 13.8. The predicted octanol–water partition coefficient (Wildman–Crippen LogP) is 4.27. The Balaban J connectivity index is 1.71. The maximum absolute atomic E-state index is 13.1. The van der Waals surface area contributed by atoms with E-state index in [1.807, 2.05) is 12.1 Å². The van der Waals surface area contributed by atoms with Crippen molar-refractivity contribution in [2.45, 2.75) is 13.1 Å². The Morgan fingerprint density at radius 1 is 0.800 bits per heavy atom. The predicted molar refractivity (Wildman–Crippen MR) is 80.9 cm³/mol. The Kier molecular flexibility index (Phi) is 3.75. The minimum Gasteiger partial charge on any atom is -0.309 e. The van der Waals surface area contributed by atoms with E-state index in [0.29, 0.717) is 6.54 Å². The van der Waals surface area contributed by atoms with Crippen molar-refractivity contribution in [2.75, 3.05) is 0 Å². The lowest BCUT2D eigenvalue weighted by Crippen LogP contribution is -2.13. The Morgan fingerprint density at radius 3 is 2.50 bits per heavy atom. The zero-order valence-electron chi connectivity index (χ0n) is 11.1. The van der Waals surface area contributed by atoms with Crippen LogP contribution in [0.15, 0.2) is 66.7 Å². The van der Waals surface area contributed by atoms with Crippen LogP contribution in [0.4, 0.5) is 4.39 Å². The SMILES string of the molecule is Fc1cccc(CNCc2cccc3ccccc23)c1. The van der Waals surface area contributed by atoms with E-state index in [-0.39, 0.29) is 5.82 Å². The third kappa shape index (κ3) is 2.86. The van der Waals surface area contributed by atoms with Gasteiger partial charge in [0.05, 0.1) is 0 Å². The van der Waals surface area contributed by atoms with Crippen molar-refractivity contribution in [3.8, 4) is 0 Å². The Labute approximate surface area is 118 Å². The van der Waals surface area contributed by atoms with Gasteiger partial charge < -0.3 is 5.32 Å². The average molecular weight is 265 g/mol. The molecule has 20 heavy (non-hydrogen) atoms. The monoisotopic (exact) mass is 265 g/mol. The summed E-state index contributed by atoms with van der Waals surface area (Å²) in [5.41, 5.74) is 2.23. The highest BCUT2D eigenvalue weighted by Gasteiger charge is 2.00. The number of halogens is 1. The van der Waals surface area contributed by atoms with Gasteiger partial charge in [-0.1, -0.05) is 54.6 Å². The minimum atomic E-state index is -0.186. The average Bonchev–Trinajstić information content (AvgIpc) is 2.48. The van der Waals surface area contributed by atoms with Crippen LogP contribution < -0.4 is 5.32 Å². The highest BCUT2D eigenvalue weighted by molar-refractivity contribution is 5.85. The van der Waals surface area contributed by atoms with Crippen LogP contribution in [-0.2, 0) is 13.1 Å². The van der Waals surface area contributed by atoms with Gasteiger partial charge in [-0.15, -0.1) is 0 Å². The summed E-state index contributed by atoms with van der Waals surface area (Å²) in [4.78, 5) is 0. The molecule has 0 spiro atoms. The van der Waals surface area contributed by atoms with Gasteiger partial charge in [-0.3, -0.25) is 0 Å². The topological polar surface area (TPSA) is 12.0 Å². The van der Waals surface area contributed by atoms with E-state index in [9.17, 15) is 4.39 Å². The highest BCUT2D eigenvalue weighted by Crippen LogP contribution is 2.18. The summed E-state index contributed by atoms with van der Waals surface area (Å²) >= 11 is 0. The van der Waals surface area contributed by atoms with Gasteiger partial charge in [-0.25, -0.2) is 4.39 Å². The van der Waals surface area contributed by atoms with Crippen molar-refractivity contribution in [1.29, 1.82) is 0 Å². The fraction of sp³-hybridized carbons (Fsp3) is 0.111. The van der Waals surface area contributed by atoms with E-state index in [4.69, 9.17) is 0 Å². The number of fused-ring (bicyclic) bond motifs is 1. The maximum Gasteiger partial charge on any atom is 0.123 e. The molecule has 0 amide bonds. The largest absolute Gasteiger partial charge is 0.309 e. The third-order valence-electron chi connectivity index (χ3n) is 3.41. The number of nitrogens with one attached hydrogen (secondary N) is 1. The van der Waals surface area contributed by atoms with Crippen LogP contribution in [0.5, 0.6) is 0 Å². The van der Waals surface area contributed by atoms with E-state index >= 15 is 0 Å². The molecule has 0 aliphatic heterocycles. The lowest BCUT2D eigenvalue weighted by atomic mass is 10.0. The summed E-state index contributed by atoms with van der Waals surface area (Å²) in [5.74, 6) is -0.186. The molecule has 3 aromatic carbocycles. The van der Waals surface area contributed by atoms with Gasteiger partial charge in [0.2, 0.25) is 0 Å². The van der Waals surface area contributed by atoms with E-state index in [1.165, 1.54) is 22.4 Å². The second kappa shape index (κ2) is 5.85. The Hall–Kier alpha value is -2.19. The molecule has 0 radical (unpaired) electrons. The van der Waals surface area contributed by atoms with E-state index < -0.39 is 0 Å². The second-order valence-corrected chi connectivity index (χ2v) is 4.87. The van der Waals surface area contributed by atoms with Crippen LogP contribution in [0.25, 0.3) is 10.8 Å². The van der Waals surface area contributed by atoms with Gasteiger partial charge in [0.1, 0.15) is 5.82 Å². The van der Waals surface area contributed by atoms with Crippen LogP contribution in [-0.4, -0.2) is 0 Å². The van der Waals surface area contributed by atoms with Crippen LogP contribution in [0.2, 0.25) is 0 Å². The van der Waals surface area contributed by atoms with Crippen LogP contribution >= 0.6 is 0 Å². The van der Waals surface area contributed by atoms with E-state index in [0.717, 1.165) is 12.1 Å². The first-order chi connectivity index (χ1) is 9.83. The first-order valence-electron chi connectivity index (χ1n) is 6.75. The van der Waals surface area contributed by atoms with Gasteiger partial charge in [-0.05, 0) is 34.0 Å². The lowest BCUT2D eigenvalue weighted by Gasteiger charge is -2.08. The zero-order valence-corrected chi connectivity index (χ0v) is 11.1. The molecule has 2 heteroatoms. The molecule has 0 aliphatic carbocycles. The first-order valence-corrected chi connectivity index (χ1v) is 6.75. The van der Waals surface area contributed by atoms with Crippen LogP contribution in [0, 0.1) is 5.82 Å². The van der Waals surface area contributed by atoms with Gasteiger partial charge in [0.15, 0.2) is 0 Å². The normalized spacial score (nSPS) is 10.8. The fourth-order valence-corrected chi connectivity index (χ4v) is 2.44. The van der Waals surface area contributed by atoms with Gasteiger partial charge in [0.25, 0.3) is 0 Å². The first kappa shape index (κ1) is 12.8. The maximum atomic E-state index is 13.1. The summed E-state index contributed by atoms with van der Waals surface area (Å²) in [7, 11) is 0. The molecule has 0 saturated heterocycles. The summed E-state index contributed by atoms with van der Waals surface area (Å²) in [6.07, 6.45) is 0. The standard InChI is InChI=1S/C18H16FN/c19-17-9-3-5-14(11-17)12-20-13-16-8-4-7-15-6-1-2-10-18(15)16/h1-11,20H,12-13H2.